The van der Waals surface area contributed by atoms with Crippen LogP contribution in [-0.2, 0) is 4.79 Å². The average molecular weight is 365 g/mol. The molecule has 1 amide bonds. The van der Waals surface area contributed by atoms with E-state index in [1.54, 1.807) is 24.0 Å². The molecule has 1 aliphatic heterocycles. The molecule has 1 atom stereocenters. The van der Waals surface area contributed by atoms with E-state index >= 15 is 0 Å². The standard InChI is InChI=1S/C21H20FN3O2/c1-12-4-6-15(8-14(12)3)20-23-21(27-24-20)16-9-19(26)25(11-16)17-7-5-13(2)18(22)10-17/h4-8,10,16H,9,11H2,1-3H3. The Balaban J connectivity index is 1.56. The molecule has 6 heteroatoms. The van der Waals surface area contributed by atoms with Gasteiger partial charge in [-0.3, -0.25) is 4.79 Å². The van der Waals surface area contributed by atoms with Crippen LogP contribution < -0.4 is 4.90 Å². The zero-order chi connectivity index (χ0) is 19.1. The van der Waals surface area contributed by atoms with E-state index in [0.717, 1.165) is 11.1 Å². The van der Waals surface area contributed by atoms with Crippen molar-refractivity contribution in [2.24, 2.45) is 0 Å². The van der Waals surface area contributed by atoms with Gasteiger partial charge in [-0.2, -0.15) is 4.98 Å². The Bertz CT molecular complexity index is 1030. The van der Waals surface area contributed by atoms with Crippen molar-refractivity contribution in [1.82, 2.24) is 10.1 Å². The van der Waals surface area contributed by atoms with Gasteiger partial charge in [0.25, 0.3) is 0 Å². The molecular weight excluding hydrogens is 345 g/mol. The first-order chi connectivity index (χ1) is 12.9. The Hall–Kier alpha value is -3.02. The van der Waals surface area contributed by atoms with Crippen LogP contribution in [0, 0.1) is 26.6 Å². The average Bonchev–Trinajstić information content (AvgIpc) is 3.27. The lowest BCUT2D eigenvalue weighted by molar-refractivity contribution is -0.117. The van der Waals surface area contributed by atoms with Crippen LogP contribution in [0.2, 0.25) is 0 Å². The Kier molecular flexibility index (Phi) is 4.26. The zero-order valence-corrected chi connectivity index (χ0v) is 15.5. The van der Waals surface area contributed by atoms with E-state index in [1.165, 1.54) is 11.6 Å². The van der Waals surface area contributed by atoms with Crippen LogP contribution in [-0.4, -0.2) is 22.6 Å². The lowest BCUT2D eigenvalue weighted by Crippen LogP contribution is -2.24. The summed E-state index contributed by atoms with van der Waals surface area (Å²) in [5, 5.41) is 4.07. The number of halogens is 1. The predicted molar refractivity (Wildman–Crippen MR) is 100 cm³/mol. The summed E-state index contributed by atoms with van der Waals surface area (Å²) in [5.74, 6) is 0.356. The summed E-state index contributed by atoms with van der Waals surface area (Å²) >= 11 is 0. The number of aryl methyl sites for hydroxylation is 3. The SMILES string of the molecule is Cc1ccc(-c2noc(C3CC(=O)N(c4ccc(C)c(F)c4)C3)n2)cc1C. The van der Waals surface area contributed by atoms with Gasteiger partial charge < -0.3 is 9.42 Å². The zero-order valence-electron chi connectivity index (χ0n) is 15.5. The van der Waals surface area contributed by atoms with Gasteiger partial charge in [-0.15, -0.1) is 0 Å². The molecule has 1 unspecified atom stereocenters. The van der Waals surface area contributed by atoms with E-state index in [2.05, 4.69) is 10.1 Å². The first-order valence-corrected chi connectivity index (χ1v) is 8.90. The predicted octanol–water partition coefficient (Wildman–Crippen LogP) is 4.32. The van der Waals surface area contributed by atoms with Gasteiger partial charge in [0, 0.05) is 24.2 Å². The molecule has 1 saturated heterocycles. The highest BCUT2D eigenvalue weighted by Gasteiger charge is 2.35. The van der Waals surface area contributed by atoms with E-state index < -0.39 is 0 Å². The van der Waals surface area contributed by atoms with Gasteiger partial charge in [-0.05, 0) is 55.7 Å². The van der Waals surface area contributed by atoms with Crippen molar-refractivity contribution in [3.63, 3.8) is 0 Å². The summed E-state index contributed by atoms with van der Waals surface area (Å²) in [4.78, 5) is 18.5. The van der Waals surface area contributed by atoms with Crippen LogP contribution in [0.5, 0.6) is 0 Å². The molecule has 0 spiro atoms. The number of carbonyl (C=O) groups excluding carboxylic acids is 1. The molecule has 1 aromatic heterocycles. The maximum atomic E-state index is 13.9. The van der Waals surface area contributed by atoms with Gasteiger partial charge in [0.15, 0.2) is 0 Å². The summed E-state index contributed by atoms with van der Waals surface area (Å²) in [6.07, 6.45) is 0.268. The lowest BCUT2D eigenvalue weighted by atomic mass is 10.1. The molecule has 27 heavy (non-hydrogen) atoms. The van der Waals surface area contributed by atoms with Crippen molar-refractivity contribution in [2.45, 2.75) is 33.1 Å². The number of benzene rings is 2. The third kappa shape index (κ3) is 3.23. The number of nitrogens with zero attached hydrogens (tertiary/aromatic N) is 3. The van der Waals surface area contributed by atoms with Crippen molar-refractivity contribution >= 4 is 11.6 Å². The Morgan fingerprint density at radius 3 is 2.59 bits per heavy atom. The molecule has 0 aliphatic carbocycles. The number of aromatic nitrogens is 2. The van der Waals surface area contributed by atoms with Gasteiger partial charge in [0.05, 0.1) is 5.92 Å². The first kappa shape index (κ1) is 17.4. The van der Waals surface area contributed by atoms with Crippen LogP contribution in [0.4, 0.5) is 10.1 Å². The summed E-state index contributed by atoms with van der Waals surface area (Å²) in [5.41, 5.74) is 4.35. The van der Waals surface area contributed by atoms with Crippen molar-refractivity contribution in [2.75, 3.05) is 11.4 Å². The van der Waals surface area contributed by atoms with Gasteiger partial charge in [-0.25, -0.2) is 4.39 Å². The van der Waals surface area contributed by atoms with E-state index in [-0.39, 0.29) is 24.1 Å². The van der Waals surface area contributed by atoms with Crippen molar-refractivity contribution in [3.8, 4) is 11.4 Å². The van der Waals surface area contributed by atoms with Crippen molar-refractivity contribution in [1.29, 1.82) is 0 Å². The largest absolute Gasteiger partial charge is 0.339 e. The summed E-state index contributed by atoms with van der Waals surface area (Å²) in [6, 6.07) is 10.8. The van der Waals surface area contributed by atoms with Gasteiger partial charge in [0.1, 0.15) is 5.82 Å². The molecule has 1 fully saturated rings. The van der Waals surface area contributed by atoms with Crippen LogP contribution >= 0.6 is 0 Å². The fourth-order valence-corrected chi connectivity index (χ4v) is 3.27. The molecule has 0 radical (unpaired) electrons. The second-order valence-electron chi connectivity index (χ2n) is 7.09. The highest BCUT2D eigenvalue weighted by atomic mass is 19.1. The maximum Gasteiger partial charge on any atom is 0.232 e. The van der Waals surface area contributed by atoms with Crippen molar-refractivity contribution < 1.29 is 13.7 Å². The third-order valence-corrected chi connectivity index (χ3v) is 5.15. The minimum absolute atomic E-state index is 0.0748. The maximum absolute atomic E-state index is 13.9. The van der Waals surface area contributed by atoms with E-state index in [0.29, 0.717) is 29.5 Å². The summed E-state index contributed by atoms with van der Waals surface area (Å²) in [6.45, 7) is 6.18. The van der Waals surface area contributed by atoms with E-state index in [9.17, 15) is 9.18 Å². The minimum atomic E-state index is -0.321. The fraction of sp³-hybridized carbons (Fsp3) is 0.286. The van der Waals surface area contributed by atoms with E-state index in [4.69, 9.17) is 4.52 Å². The van der Waals surface area contributed by atoms with Crippen molar-refractivity contribution in [3.05, 3.63) is 64.8 Å². The lowest BCUT2D eigenvalue weighted by Gasteiger charge is -2.16. The first-order valence-electron chi connectivity index (χ1n) is 8.90. The molecule has 0 N–H and O–H groups in total. The van der Waals surface area contributed by atoms with Gasteiger partial charge >= 0.3 is 0 Å². The number of amides is 1. The topological polar surface area (TPSA) is 59.2 Å². The van der Waals surface area contributed by atoms with Crippen LogP contribution in [0.3, 0.4) is 0 Å². The molecular formula is C21H20FN3O2. The Labute approximate surface area is 156 Å². The molecule has 138 valence electrons. The van der Waals surface area contributed by atoms with Crippen LogP contribution in [0.25, 0.3) is 11.4 Å². The summed E-state index contributed by atoms with van der Waals surface area (Å²) in [7, 11) is 0. The normalized spacial score (nSPS) is 17.0. The molecule has 2 aromatic carbocycles. The van der Waals surface area contributed by atoms with Gasteiger partial charge in [-0.1, -0.05) is 23.4 Å². The Morgan fingerprint density at radius 1 is 1.07 bits per heavy atom. The fourth-order valence-electron chi connectivity index (χ4n) is 3.27. The van der Waals surface area contributed by atoms with Crippen LogP contribution in [0.15, 0.2) is 40.9 Å². The third-order valence-electron chi connectivity index (χ3n) is 5.15. The van der Waals surface area contributed by atoms with Crippen LogP contribution in [0.1, 0.15) is 34.9 Å². The molecule has 1 aliphatic rings. The number of hydrogen-bond acceptors (Lipinski definition) is 4. The molecule has 0 saturated carbocycles. The number of hydrogen-bond donors (Lipinski definition) is 0. The second kappa shape index (κ2) is 6.61. The highest BCUT2D eigenvalue weighted by Crippen LogP contribution is 2.32. The molecule has 0 bridgehead atoms. The highest BCUT2D eigenvalue weighted by molar-refractivity contribution is 5.96. The molecule has 5 nitrogen and oxygen atoms in total. The minimum Gasteiger partial charge on any atom is -0.339 e. The smallest absolute Gasteiger partial charge is 0.232 e. The molecule has 2 heterocycles. The Morgan fingerprint density at radius 2 is 1.85 bits per heavy atom. The molecule has 4 rings (SSSR count). The number of rotatable bonds is 3. The van der Waals surface area contributed by atoms with Gasteiger partial charge in [0.2, 0.25) is 17.6 Å². The number of carbonyl (C=O) groups is 1. The monoisotopic (exact) mass is 365 g/mol. The summed E-state index contributed by atoms with van der Waals surface area (Å²) < 4.78 is 19.3. The number of anilines is 1. The molecule has 3 aromatic rings. The quantitative estimate of drug-likeness (QED) is 0.693. The van der Waals surface area contributed by atoms with E-state index in [1.807, 2.05) is 32.0 Å². The second-order valence-corrected chi connectivity index (χ2v) is 7.09.